The van der Waals surface area contributed by atoms with Crippen LogP contribution in [-0.4, -0.2) is 40.2 Å². The maximum absolute atomic E-state index is 12.5. The van der Waals surface area contributed by atoms with E-state index < -0.39 is 0 Å². The van der Waals surface area contributed by atoms with E-state index in [1.54, 1.807) is 22.3 Å². The number of piperazine rings is 1. The summed E-state index contributed by atoms with van der Waals surface area (Å²) in [4.78, 5) is 28.3. The molecule has 2 aliphatic rings. The second-order valence-corrected chi connectivity index (χ2v) is 5.32. The van der Waals surface area contributed by atoms with Gasteiger partial charge in [-0.15, -0.1) is 0 Å². The molecule has 102 valence electrons. The third-order valence-corrected chi connectivity index (χ3v) is 4.11. The Hall–Kier alpha value is -1.78. The van der Waals surface area contributed by atoms with Crippen LogP contribution in [0.15, 0.2) is 23.0 Å². The largest absolute Gasteiger partial charge is 0.472 e. The van der Waals surface area contributed by atoms with Gasteiger partial charge >= 0.3 is 0 Å². The molecule has 0 spiro atoms. The summed E-state index contributed by atoms with van der Waals surface area (Å²) < 4.78 is 5.03. The molecule has 3 rings (SSSR count). The highest BCUT2D eigenvalue weighted by Gasteiger charge is 2.44. The summed E-state index contributed by atoms with van der Waals surface area (Å²) in [6.45, 7) is 2.98. The first-order valence-corrected chi connectivity index (χ1v) is 6.80. The number of furan rings is 1. The van der Waals surface area contributed by atoms with Gasteiger partial charge in [-0.25, -0.2) is 0 Å². The zero-order valence-electron chi connectivity index (χ0n) is 11.0. The molecule has 0 radical (unpaired) electrons. The first-order valence-electron chi connectivity index (χ1n) is 6.80. The van der Waals surface area contributed by atoms with Crippen LogP contribution >= 0.6 is 0 Å². The first-order chi connectivity index (χ1) is 9.18. The number of carbonyl (C=O) groups is 2. The van der Waals surface area contributed by atoms with E-state index in [0.717, 1.165) is 31.4 Å². The molecule has 0 saturated carbocycles. The molecule has 2 amide bonds. The standard InChI is InChI=1S/C14H18N2O3/c1-10-13(17)15-6-3-2-4-12(15)14(18)16(10)8-11-5-7-19-9-11/h5,7,9-10,12H,2-4,6,8H2,1H3. The third kappa shape index (κ3) is 2.03. The molecule has 2 atom stereocenters. The molecule has 1 aromatic heterocycles. The maximum atomic E-state index is 12.5. The lowest BCUT2D eigenvalue weighted by Crippen LogP contribution is -2.64. The molecule has 0 N–H and O–H groups in total. The molecular weight excluding hydrogens is 244 g/mol. The van der Waals surface area contributed by atoms with Gasteiger partial charge in [0.15, 0.2) is 0 Å². The van der Waals surface area contributed by atoms with Crippen molar-refractivity contribution >= 4 is 11.8 Å². The fraction of sp³-hybridized carbons (Fsp3) is 0.571. The van der Waals surface area contributed by atoms with Crippen molar-refractivity contribution in [3.63, 3.8) is 0 Å². The molecule has 19 heavy (non-hydrogen) atoms. The summed E-state index contributed by atoms with van der Waals surface area (Å²) in [6, 6.07) is 1.21. The molecular formula is C14H18N2O3. The molecule has 2 fully saturated rings. The number of amides is 2. The predicted octanol–water partition coefficient (Wildman–Crippen LogP) is 1.39. The molecule has 2 unspecified atom stereocenters. The Kier molecular flexibility index (Phi) is 3.05. The molecule has 5 heteroatoms. The minimum atomic E-state index is -0.378. The lowest BCUT2D eigenvalue weighted by molar-refractivity contribution is -0.163. The molecule has 2 aliphatic heterocycles. The highest BCUT2D eigenvalue weighted by atomic mass is 16.3. The lowest BCUT2D eigenvalue weighted by Gasteiger charge is -2.46. The van der Waals surface area contributed by atoms with Crippen molar-refractivity contribution in [2.24, 2.45) is 0 Å². The molecule has 0 aromatic carbocycles. The minimum absolute atomic E-state index is 0.0767. The van der Waals surface area contributed by atoms with Gasteiger partial charge in [-0.3, -0.25) is 9.59 Å². The number of hydrogen-bond donors (Lipinski definition) is 0. The predicted molar refractivity (Wildman–Crippen MR) is 68.1 cm³/mol. The van der Waals surface area contributed by atoms with Gasteiger partial charge in [0, 0.05) is 18.7 Å². The normalized spacial score (nSPS) is 27.6. The van der Waals surface area contributed by atoms with Crippen LogP contribution in [0.4, 0.5) is 0 Å². The van der Waals surface area contributed by atoms with E-state index in [2.05, 4.69) is 0 Å². The summed E-state index contributed by atoms with van der Waals surface area (Å²) >= 11 is 0. The van der Waals surface area contributed by atoms with Gasteiger partial charge in [-0.1, -0.05) is 0 Å². The van der Waals surface area contributed by atoms with Crippen molar-refractivity contribution in [1.82, 2.24) is 9.80 Å². The average Bonchev–Trinajstić information content (AvgIpc) is 2.94. The van der Waals surface area contributed by atoms with Crippen LogP contribution in [0, 0.1) is 0 Å². The molecule has 1 aromatic rings. The highest BCUT2D eigenvalue weighted by molar-refractivity contribution is 5.96. The van der Waals surface area contributed by atoms with Crippen LogP contribution in [0.2, 0.25) is 0 Å². The van der Waals surface area contributed by atoms with Gasteiger partial charge in [-0.2, -0.15) is 0 Å². The highest BCUT2D eigenvalue weighted by Crippen LogP contribution is 2.27. The van der Waals surface area contributed by atoms with Gasteiger partial charge in [-0.05, 0) is 32.3 Å². The quantitative estimate of drug-likeness (QED) is 0.809. The van der Waals surface area contributed by atoms with Gasteiger partial charge in [0.25, 0.3) is 0 Å². The number of carbonyl (C=O) groups excluding carboxylic acids is 2. The molecule has 0 bridgehead atoms. The second kappa shape index (κ2) is 4.72. The zero-order chi connectivity index (χ0) is 13.4. The van der Waals surface area contributed by atoms with Crippen molar-refractivity contribution in [2.45, 2.75) is 44.8 Å². The fourth-order valence-corrected chi connectivity index (χ4v) is 3.00. The van der Waals surface area contributed by atoms with Crippen LogP contribution < -0.4 is 0 Å². The third-order valence-electron chi connectivity index (χ3n) is 4.11. The Morgan fingerprint density at radius 3 is 2.89 bits per heavy atom. The Bertz CT molecular complexity index is 483. The summed E-state index contributed by atoms with van der Waals surface area (Å²) in [6.07, 6.45) is 6.03. The second-order valence-electron chi connectivity index (χ2n) is 5.32. The smallest absolute Gasteiger partial charge is 0.246 e. The molecule has 0 aliphatic carbocycles. The van der Waals surface area contributed by atoms with Crippen LogP contribution in [-0.2, 0) is 16.1 Å². The Morgan fingerprint density at radius 2 is 2.16 bits per heavy atom. The fourth-order valence-electron chi connectivity index (χ4n) is 3.00. The van der Waals surface area contributed by atoms with Gasteiger partial charge in [0.05, 0.1) is 12.5 Å². The van der Waals surface area contributed by atoms with E-state index in [-0.39, 0.29) is 23.9 Å². The Labute approximate surface area is 112 Å². The van der Waals surface area contributed by atoms with Crippen molar-refractivity contribution in [3.05, 3.63) is 24.2 Å². The van der Waals surface area contributed by atoms with Gasteiger partial charge in [0.1, 0.15) is 12.1 Å². The summed E-state index contributed by atoms with van der Waals surface area (Å²) in [5.74, 6) is 0.154. The van der Waals surface area contributed by atoms with E-state index in [1.807, 2.05) is 13.0 Å². The van der Waals surface area contributed by atoms with Crippen LogP contribution in [0.3, 0.4) is 0 Å². The van der Waals surface area contributed by atoms with E-state index in [4.69, 9.17) is 4.42 Å². The van der Waals surface area contributed by atoms with Crippen molar-refractivity contribution in [2.75, 3.05) is 6.54 Å². The monoisotopic (exact) mass is 262 g/mol. The van der Waals surface area contributed by atoms with Crippen LogP contribution in [0.25, 0.3) is 0 Å². The number of fused-ring (bicyclic) bond motifs is 1. The van der Waals surface area contributed by atoms with E-state index in [0.29, 0.717) is 6.54 Å². The van der Waals surface area contributed by atoms with E-state index in [1.165, 1.54) is 0 Å². The number of piperidine rings is 1. The zero-order valence-corrected chi connectivity index (χ0v) is 11.0. The lowest BCUT2D eigenvalue weighted by atomic mass is 9.95. The topological polar surface area (TPSA) is 53.8 Å². The Balaban J connectivity index is 1.83. The molecule has 2 saturated heterocycles. The maximum Gasteiger partial charge on any atom is 0.246 e. The number of hydrogen-bond acceptors (Lipinski definition) is 3. The minimum Gasteiger partial charge on any atom is -0.472 e. The first kappa shape index (κ1) is 12.3. The van der Waals surface area contributed by atoms with Crippen molar-refractivity contribution < 1.29 is 14.0 Å². The number of nitrogens with zero attached hydrogens (tertiary/aromatic N) is 2. The summed E-state index contributed by atoms with van der Waals surface area (Å²) in [5.41, 5.74) is 0.928. The van der Waals surface area contributed by atoms with Crippen molar-refractivity contribution in [3.8, 4) is 0 Å². The van der Waals surface area contributed by atoms with Gasteiger partial charge < -0.3 is 14.2 Å². The Morgan fingerprint density at radius 1 is 1.32 bits per heavy atom. The van der Waals surface area contributed by atoms with Crippen molar-refractivity contribution in [1.29, 1.82) is 0 Å². The van der Waals surface area contributed by atoms with Gasteiger partial charge in [0.2, 0.25) is 11.8 Å². The average molecular weight is 262 g/mol. The summed E-state index contributed by atoms with van der Waals surface area (Å²) in [5, 5.41) is 0. The SMILES string of the molecule is CC1C(=O)N2CCCCC2C(=O)N1Cc1ccoc1. The van der Waals surface area contributed by atoms with Crippen LogP contribution in [0.1, 0.15) is 31.7 Å². The molecule has 3 heterocycles. The molecule has 5 nitrogen and oxygen atoms in total. The number of rotatable bonds is 2. The summed E-state index contributed by atoms with van der Waals surface area (Å²) in [7, 11) is 0. The van der Waals surface area contributed by atoms with Crippen LogP contribution in [0.5, 0.6) is 0 Å². The van der Waals surface area contributed by atoms with E-state index >= 15 is 0 Å². The van der Waals surface area contributed by atoms with E-state index in [9.17, 15) is 9.59 Å².